The zero-order chi connectivity index (χ0) is 23.7. The van der Waals surface area contributed by atoms with Crippen molar-refractivity contribution < 1.29 is 14.5 Å². The molecule has 2 bridgehead atoms. The number of anilines is 1. The van der Waals surface area contributed by atoms with E-state index in [0.717, 1.165) is 6.42 Å². The zero-order valence-corrected chi connectivity index (χ0v) is 19.0. The summed E-state index contributed by atoms with van der Waals surface area (Å²) in [5.41, 5.74) is 6.00. The lowest BCUT2D eigenvalue weighted by Gasteiger charge is -2.45. The molecule has 0 heterocycles. The number of hydrogen-bond donors (Lipinski definition) is 2. The van der Waals surface area contributed by atoms with E-state index in [4.69, 9.17) is 4.74 Å². The Labute approximate surface area is 198 Å². The smallest absolute Gasteiger partial charge is 0.293 e. The SMILES string of the molecule is COCCNc1ccc(C(=O)NCC2CC3c4ccccc4C2c2ccccc23)cc1[N+](=O)[O-]. The second-order valence-electron chi connectivity index (χ2n) is 8.90. The van der Waals surface area contributed by atoms with Gasteiger partial charge in [0.1, 0.15) is 5.69 Å². The van der Waals surface area contributed by atoms with Gasteiger partial charge < -0.3 is 15.4 Å². The van der Waals surface area contributed by atoms with Crippen LogP contribution in [0.25, 0.3) is 0 Å². The molecule has 3 aliphatic rings. The van der Waals surface area contributed by atoms with Crippen molar-refractivity contribution >= 4 is 17.3 Å². The lowest BCUT2D eigenvalue weighted by atomic mass is 9.59. The Morgan fingerprint density at radius 1 is 1.03 bits per heavy atom. The standard InChI is InChI=1S/C27H27N3O4/c1-34-13-12-28-24-11-10-17(15-25(24)30(32)33)27(31)29-16-18-14-23-19-6-2-4-8-21(19)26(18)22-9-5-3-7-20(22)23/h2-11,15,18,23,26,28H,12-14,16H2,1H3,(H,29,31). The van der Waals surface area contributed by atoms with Gasteiger partial charge in [-0.25, -0.2) is 0 Å². The molecule has 7 heteroatoms. The number of methoxy groups -OCH3 is 1. The first-order valence-electron chi connectivity index (χ1n) is 11.6. The van der Waals surface area contributed by atoms with Gasteiger partial charge in [0.15, 0.2) is 0 Å². The molecule has 6 rings (SSSR count). The Kier molecular flexibility index (Phi) is 6.02. The van der Waals surface area contributed by atoms with Crippen LogP contribution in [-0.4, -0.2) is 37.6 Å². The van der Waals surface area contributed by atoms with E-state index < -0.39 is 4.92 Å². The van der Waals surface area contributed by atoms with Gasteiger partial charge in [0.05, 0.1) is 11.5 Å². The van der Waals surface area contributed by atoms with Crippen molar-refractivity contribution in [3.05, 3.63) is 105 Å². The molecule has 2 N–H and O–H groups in total. The Morgan fingerprint density at radius 2 is 1.68 bits per heavy atom. The third-order valence-corrected chi connectivity index (χ3v) is 7.03. The highest BCUT2D eigenvalue weighted by atomic mass is 16.6. The van der Waals surface area contributed by atoms with Crippen LogP contribution in [0.4, 0.5) is 11.4 Å². The molecule has 0 radical (unpaired) electrons. The van der Waals surface area contributed by atoms with Gasteiger partial charge in [-0.3, -0.25) is 14.9 Å². The van der Waals surface area contributed by atoms with Crippen molar-refractivity contribution in [2.24, 2.45) is 5.92 Å². The van der Waals surface area contributed by atoms with Crippen LogP contribution in [0, 0.1) is 16.0 Å². The molecule has 34 heavy (non-hydrogen) atoms. The van der Waals surface area contributed by atoms with E-state index in [9.17, 15) is 14.9 Å². The normalized spacial score (nSPS) is 19.7. The zero-order valence-electron chi connectivity index (χ0n) is 19.0. The summed E-state index contributed by atoms with van der Waals surface area (Å²) in [6.45, 7) is 1.38. The molecule has 174 valence electrons. The number of nitro groups is 1. The van der Waals surface area contributed by atoms with Crippen LogP contribution >= 0.6 is 0 Å². The van der Waals surface area contributed by atoms with Crippen LogP contribution in [0.5, 0.6) is 0 Å². The minimum Gasteiger partial charge on any atom is -0.383 e. The largest absolute Gasteiger partial charge is 0.383 e. The Bertz CT molecular complexity index is 1190. The maximum absolute atomic E-state index is 13.0. The second-order valence-corrected chi connectivity index (χ2v) is 8.90. The van der Waals surface area contributed by atoms with Gasteiger partial charge in [0.25, 0.3) is 11.6 Å². The number of amides is 1. The summed E-state index contributed by atoms with van der Waals surface area (Å²) in [5, 5.41) is 17.6. The molecule has 0 saturated heterocycles. The number of hydrogen-bond acceptors (Lipinski definition) is 5. The van der Waals surface area contributed by atoms with Gasteiger partial charge in [0.2, 0.25) is 0 Å². The Hall–Kier alpha value is -3.71. The highest BCUT2D eigenvalue weighted by Gasteiger charge is 2.42. The fourth-order valence-corrected chi connectivity index (χ4v) is 5.55. The molecule has 1 unspecified atom stereocenters. The van der Waals surface area contributed by atoms with E-state index in [-0.39, 0.29) is 29.0 Å². The van der Waals surface area contributed by atoms with Crippen molar-refractivity contribution in [3.63, 3.8) is 0 Å². The molecular formula is C27H27N3O4. The van der Waals surface area contributed by atoms with E-state index in [0.29, 0.717) is 31.3 Å². The summed E-state index contributed by atoms with van der Waals surface area (Å²) in [4.78, 5) is 24.0. The number of ether oxygens (including phenoxy) is 1. The fraction of sp³-hybridized carbons (Fsp3) is 0.296. The molecular weight excluding hydrogens is 430 g/mol. The first-order valence-corrected chi connectivity index (χ1v) is 11.6. The number of nitro benzene ring substituents is 1. The van der Waals surface area contributed by atoms with E-state index in [1.807, 2.05) is 0 Å². The molecule has 0 saturated carbocycles. The first-order chi connectivity index (χ1) is 16.6. The van der Waals surface area contributed by atoms with Crippen LogP contribution in [0.2, 0.25) is 0 Å². The summed E-state index contributed by atoms with van der Waals surface area (Å²) in [7, 11) is 1.57. The lowest BCUT2D eigenvalue weighted by Crippen LogP contribution is -2.39. The fourth-order valence-electron chi connectivity index (χ4n) is 5.55. The minimum atomic E-state index is -0.472. The van der Waals surface area contributed by atoms with Crippen molar-refractivity contribution in [2.75, 3.05) is 32.1 Å². The molecule has 0 aromatic heterocycles. The van der Waals surface area contributed by atoms with Crippen molar-refractivity contribution in [1.29, 1.82) is 0 Å². The van der Waals surface area contributed by atoms with Crippen LogP contribution < -0.4 is 10.6 Å². The molecule has 0 aliphatic heterocycles. The van der Waals surface area contributed by atoms with E-state index in [1.165, 1.54) is 28.3 Å². The second kappa shape index (κ2) is 9.27. The van der Waals surface area contributed by atoms with E-state index in [1.54, 1.807) is 19.2 Å². The Morgan fingerprint density at radius 3 is 2.29 bits per heavy atom. The molecule has 0 fully saturated rings. The molecule has 3 aliphatic carbocycles. The molecule has 1 amide bonds. The van der Waals surface area contributed by atoms with E-state index in [2.05, 4.69) is 59.2 Å². The average Bonchev–Trinajstić information content (AvgIpc) is 2.87. The monoisotopic (exact) mass is 457 g/mol. The number of fused-ring (bicyclic) bond motifs is 1. The molecule has 1 atom stereocenters. The Balaban J connectivity index is 1.34. The van der Waals surface area contributed by atoms with Gasteiger partial charge in [0, 0.05) is 43.7 Å². The summed E-state index contributed by atoms with van der Waals surface area (Å²) in [6, 6.07) is 21.7. The summed E-state index contributed by atoms with van der Waals surface area (Å²) in [6.07, 6.45) is 0.974. The third kappa shape index (κ3) is 3.92. The van der Waals surface area contributed by atoms with Crippen molar-refractivity contribution in [3.8, 4) is 0 Å². The molecule has 0 spiro atoms. The molecule has 3 aromatic carbocycles. The van der Waals surface area contributed by atoms with Crippen LogP contribution in [0.1, 0.15) is 50.9 Å². The van der Waals surface area contributed by atoms with Gasteiger partial charge >= 0.3 is 0 Å². The van der Waals surface area contributed by atoms with Gasteiger partial charge in [-0.2, -0.15) is 0 Å². The average molecular weight is 458 g/mol. The molecule has 7 nitrogen and oxygen atoms in total. The number of carbonyl (C=O) groups is 1. The topological polar surface area (TPSA) is 93.5 Å². The van der Waals surface area contributed by atoms with Crippen LogP contribution in [0.3, 0.4) is 0 Å². The predicted molar refractivity (Wildman–Crippen MR) is 130 cm³/mol. The highest BCUT2D eigenvalue weighted by Crippen LogP contribution is 2.55. The van der Waals surface area contributed by atoms with Gasteiger partial charge in [-0.15, -0.1) is 0 Å². The van der Waals surface area contributed by atoms with Crippen molar-refractivity contribution in [1.82, 2.24) is 5.32 Å². The van der Waals surface area contributed by atoms with Crippen LogP contribution in [0.15, 0.2) is 66.7 Å². The van der Waals surface area contributed by atoms with Crippen molar-refractivity contribution in [2.45, 2.75) is 18.3 Å². The number of nitrogens with one attached hydrogen (secondary N) is 2. The first kappa shape index (κ1) is 22.1. The van der Waals surface area contributed by atoms with Gasteiger partial charge in [-0.1, -0.05) is 48.5 Å². The number of rotatable bonds is 8. The maximum Gasteiger partial charge on any atom is 0.293 e. The quantitative estimate of drug-likeness (QED) is 0.291. The predicted octanol–water partition coefficient (Wildman–Crippen LogP) is 4.68. The summed E-state index contributed by atoms with van der Waals surface area (Å²) in [5.74, 6) is 0.538. The van der Waals surface area contributed by atoms with Crippen LogP contribution in [-0.2, 0) is 4.74 Å². The number of benzene rings is 3. The highest BCUT2D eigenvalue weighted by molar-refractivity contribution is 5.95. The summed E-state index contributed by atoms with van der Waals surface area (Å²) >= 11 is 0. The third-order valence-electron chi connectivity index (χ3n) is 7.03. The van der Waals surface area contributed by atoms with Gasteiger partial charge in [-0.05, 0) is 46.7 Å². The minimum absolute atomic E-state index is 0.122. The molecule has 3 aromatic rings. The lowest BCUT2D eigenvalue weighted by molar-refractivity contribution is -0.384. The number of carbonyl (C=O) groups excluding carboxylic acids is 1. The number of nitrogens with zero attached hydrogens (tertiary/aromatic N) is 1. The van der Waals surface area contributed by atoms with E-state index >= 15 is 0 Å². The maximum atomic E-state index is 13.0. The summed E-state index contributed by atoms with van der Waals surface area (Å²) < 4.78 is 4.98.